The Kier molecular flexibility index (Phi) is 4.35. The summed E-state index contributed by atoms with van der Waals surface area (Å²) in [6.07, 6.45) is 0.702. The van der Waals surface area contributed by atoms with E-state index in [4.69, 9.17) is 5.11 Å². The van der Waals surface area contributed by atoms with E-state index in [0.717, 1.165) is 11.1 Å². The minimum Gasteiger partial charge on any atom is -0.478 e. The van der Waals surface area contributed by atoms with Gasteiger partial charge in [0.2, 0.25) is 0 Å². The lowest BCUT2D eigenvalue weighted by Crippen LogP contribution is -2.09. The van der Waals surface area contributed by atoms with Crippen molar-refractivity contribution in [1.29, 1.82) is 0 Å². The maximum Gasteiger partial charge on any atom is 0.337 e. The SMILES string of the molecule is Cc1ccc(NCCc2ccc(F)cc2)c(C(=O)O)c1. The van der Waals surface area contributed by atoms with E-state index in [1.54, 1.807) is 24.3 Å². The fourth-order valence-electron chi connectivity index (χ4n) is 1.98. The first-order valence-corrected chi connectivity index (χ1v) is 6.38. The van der Waals surface area contributed by atoms with Gasteiger partial charge < -0.3 is 10.4 Å². The molecule has 0 aliphatic rings. The summed E-state index contributed by atoms with van der Waals surface area (Å²) in [6.45, 7) is 2.45. The average molecular weight is 273 g/mol. The zero-order chi connectivity index (χ0) is 14.5. The highest BCUT2D eigenvalue weighted by Gasteiger charge is 2.09. The van der Waals surface area contributed by atoms with Crippen LogP contribution in [0.25, 0.3) is 0 Å². The normalized spacial score (nSPS) is 10.3. The van der Waals surface area contributed by atoms with Crippen molar-refractivity contribution in [1.82, 2.24) is 0 Å². The zero-order valence-corrected chi connectivity index (χ0v) is 11.2. The summed E-state index contributed by atoms with van der Waals surface area (Å²) >= 11 is 0. The van der Waals surface area contributed by atoms with Crippen LogP contribution >= 0.6 is 0 Å². The molecular formula is C16H16FNO2. The van der Waals surface area contributed by atoms with Gasteiger partial charge in [-0.05, 0) is 43.2 Å². The van der Waals surface area contributed by atoms with E-state index >= 15 is 0 Å². The minimum atomic E-state index is -0.946. The Morgan fingerprint density at radius 2 is 1.90 bits per heavy atom. The van der Waals surface area contributed by atoms with Gasteiger partial charge >= 0.3 is 5.97 Å². The molecule has 0 spiro atoms. The Bertz CT molecular complexity index is 608. The first kappa shape index (κ1) is 14.1. The number of anilines is 1. The molecule has 0 fully saturated rings. The van der Waals surface area contributed by atoms with Crippen LogP contribution in [0.15, 0.2) is 42.5 Å². The Morgan fingerprint density at radius 3 is 2.55 bits per heavy atom. The number of carbonyl (C=O) groups is 1. The van der Waals surface area contributed by atoms with Gasteiger partial charge in [0.25, 0.3) is 0 Å². The third-order valence-electron chi connectivity index (χ3n) is 3.05. The van der Waals surface area contributed by atoms with Crippen LogP contribution in [0.1, 0.15) is 21.5 Å². The molecule has 0 aromatic heterocycles. The summed E-state index contributed by atoms with van der Waals surface area (Å²) in [7, 11) is 0. The molecule has 2 aromatic carbocycles. The van der Waals surface area contributed by atoms with Crippen LogP contribution in [0.2, 0.25) is 0 Å². The molecule has 104 valence electrons. The summed E-state index contributed by atoms with van der Waals surface area (Å²) in [5.41, 5.74) is 2.78. The molecule has 3 nitrogen and oxygen atoms in total. The molecule has 0 heterocycles. The maximum atomic E-state index is 12.8. The lowest BCUT2D eigenvalue weighted by Gasteiger charge is -2.10. The summed E-state index contributed by atoms with van der Waals surface area (Å²) in [5.74, 6) is -1.20. The minimum absolute atomic E-state index is 0.256. The third-order valence-corrected chi connectivity index (χ3v) is 3.05. The lowest BCUT2D eigenvalue weighted by atomic mass is 10.1. The molecule has 0 saturated heterocycles. The smallest absolute Gasteiger partial charge is 0.337 e. The maximum absolute atomic E-state index is 12.8. The van der Waals surface area contributed by atoms with Gasteiger partial charge in [-0.1, -0.05) is 23.8 Å². The van der Waals surface area contributed by atoms with E-state index in [9.17, 15) is 9.18 Å². The third kappa shape index (κ3) is 3.57. The van der Waals surface area contributed by atoms with E-state index in [1.807, 2.05) is 13.0 Å². The average Bonchev–Trinajstić information content (AvgIpc) is 2.42. The largest absolute Gasteiger partial charge is 0.478 e. The van der Waals surface area contributed by atoms with Gasteiger partial charge in [-0.3, -0.25) is 0 Å². The van der Waals surface area contributed by atoms with E-state index in [-0.39, 0.29) is 11.4 Å². The first-order chi connectivity index (χ1) is 9.56. The second-order valence-electron chi connectivity index (χ2n) is 4.66. The summed E-state index contributed by atoms with van der Waals surface area (Å²) in [5, 5.41) is 12.3. The molecule has 2 N–H and O–H groups in total. The Morgan fingerprint density at radius 1 is 1.20 bits per heavy atom. The number of rotatable bonds is 5. The predicted molar refractivity (Wildman–Crippen MR) is 76.7 cm³/mol. The highest BCUT2D eigenvalue weighted by atomic mass is 19.1. The van der Waals surface area contributed by atoms with Gasteiger partial charge in [0.15, 0.2) is 0 Å². The second kappa shape index (κ2) is 6.19. The molecule has 0 amide bonds. The molecular weight excluding hydrogens is 257 g/mol. The lowest BCUT2D eigenvalue weighted by molar-refractivity contribution is 0.0698. The van der Waals surface area contributed by atoms with Crippen molar-refractivity contribution in [2.75, 3.05) is 11.9 Å². The Hall–Kier alpha value is -2.36. The van der Waals surface area contributed by atoms with E-state index in [0.29, 0.717) is 18.7 Å². The van der Waals surface area contributed by atoms with Crippen molar-refractivity contribution in [3.05, 3.63) is 65.0 Å². The molecule has 2 rings (SSSR count). The topological polar surface area (TPSA) is 49.3 Å². The number of aryl methyl sites for hydroxylation is 1. The molecule has 0 aliphatic heterocycles. The molecule has 0 saturated carbocycles. The van der Waals surface area contributed by atoms with Gasteiger partial charge in [0, 0.05) is 12.2 Å². The van der Waals surface area contributed by atoms with E-state index < -0.39 is 5.97 Å². The number of aromatic carboxylic acids is 1. The van der Waals surface area contributed by atoms with Crippen LogP contribution in [0.4, 0.5) is 10.1 Å². The number of nitrogens with one attached hydrogen (secondary N) is 1. The second-order valence-corrected chi connectivity index (χ2v) is 4.66. The molecule has 20 heavy (non-hydrogen) atoms. The van der Waals surface area contributed by atoms with Crippen molar-refractivity contribution in [3.8, 4) is 0 Å². The first-order valence-electron chi connectivity index (χ1n) is 6.38. The number of benzene rings is 2. The number of carboxylic acid groups (broad SMARTS) is 1. The highest BCUT2D eigenvalue weighted by Crippen LogP contribution is 2.17. The molecule has 0 aliphatic carbocycles. The quantitative estimate of drug-likeness (QED) is 0.876. The van der Waals surface area contributed by atoms with Crippen LogP contribution < -0.4 is 5.32 Å². The number of halogens is 1. The Balaban J connectivity index is 2.00. The standard InChI is InChI=1S/C16H16FNO2/c1-11-2-7-15(14(10-11)16(19)20)18-9-8-12-3-5-13(17)6-4-12/h2-7,10,18H,8-9H2,1H3,(H,19,20). The molecule has 0 unspecified atom stereocenters. The van der Waals surface area contributed by atoms with Gasteiger partial charge in [-0.15, -0.1) is 0 Å². The van der Waals surface area contributed by atoms with Crippen LogP contribution in [0.3, 0.4) is 0 Å². The molecule has 0 bridgehead atoms. The zero-order valence-electron chi connectivity index (χ0n) is 11.2. The Labute approximate surface area is 117 Å². The summed E-state index contributed by atoms with van der Waals surface area (Å²) in [6, 6.07) is 11.6. The van der Waals surface area contributed by atoms with Crippen molar-refractivity contribution in [3.63, 3.8) is 0 Å². The molecule has 0 atom stereocenters. The van der Waals surface area contributed by atoms with E-state index in [1.165, 1.54) is 12.1 Å². The fraction of sp³-hybridized carbons (Fsp3) is 0.188. The van der Waals surface area contributed by atoms with Crippen molar-refractivity contribution >= 4 is 11.7 Å². The van der Waals surface area contributed by atoms with Gasteiger partial charge in [0.1, 0.15) is 5.82 Å². The summed E-state index contributed by atoms with van der Waals surface area (Å²) < 4.78 is 12.8. The highest BCUT2D eigenvalue weighted by molar-refractivity contribution is 5.94. The predicted octanol–water partition coefficient (Wildman–Crippen LogP) is 3.49. The van der Waals surface area contributed by atoms with Gasteiger partial charge in [-0.25, -0.2) is 9.18 Å². The molecule has 2 aromatic rings. The van der Waals surface area contributed by atoms with Crippen LogP contribution in [0, 0.1) is 12.7 Å². The van der Waals surface area contributed by atoms with E-state index in [2.05, 4.69) is 5.32 Å². The van der Waals surface area contributed by atoms with Crippen molar-refractivity contribution in [2.24, 2.45) is 0 Å². The summed E-state index contributed by atoms with van der Waals surface area (Å²) in [4.78, 5) is 11.2. The number of hydrogen-bond donors (Lipinski definition) is 2. The van der Waals surface area contributed by atoms with Gasteiger partial charge in [0.05, 0.1) is 5.56 Å². The monoisotopic (exact) mass is 273 g/mol. The number of hydrogen-bond acceptors (Lipinski definition) is 2. The number of carboxylic acids is 1. The fourth-order valence-corrected chi connectivity index (χ4v) is 1.98. The van der Waals surface area contributed by atoms with Crippen molar-refractivity contribution in [2.45, 2.75) is 13.3 Å². The van der Waals surface area contributed by atoms with Gasteiger partial charge in [-0.2, -0.15) is 0 Å². The van der Waals surface area contributed by atoms with Crippen molar-refractivity contribution < 1.29 is 14.3 Å². The van der Waals surface area contributed by atoms with Crippen LogP contribution in [0.5, 0.6) is 0 Å². The molecule has 4 heteroatoms. The van der Waals surface area contributed by atoms with Crippen LogP contribution in [-0.2, 0) is 6.42 Å². The van der Waals surface area contributed by atoms with Crippen LogP contribution in [-0.4, -0.2) is 17.6 Å². The molecule has 0 radical (unpaired) electrons.